The summed E-state index contributed by atoms with van der Waals surface area (Å²) in [5.41, 5.74) is 0. The van der Waals surface area contributed by atoms with Crippen LogP contribution in [-0.4, -0.2) is 42.0 Å². The molecule has 0 aromatic rings. The Morgan fingerprint density at radius 3 is 0.391 bits per heavy atom. The van der Waals surface area contributed by atoms with Crippen molar-refractivity contribution in [3.8, 4) is 0 Å². The van der Waals surface area contributed by atoms with Gasteiger partial charge in [-0.2, -0.15) is 0 Å². The second kappa shape index (κ2) is 64.5. The van der Waals surface area contributed by atoms with E-state index < -0.39 is 14.6 Å². The lowest BCUT2D eigenvalue weighted by atomic mass is 10.0. The van der Waals surface area contributed by atoms with E-state index in [2.05, 4.69) is 27.7 Å². The van der Waals surface area contributed by atoms with Crippen LogP contribution in [0.25, 0.3) is 0 Å². The van der Waals surface area contributed by atoms with Crippen LogP contribution >= 0.6 is 7.26 Å². The minimum absolute atomic E-state index is 0.834. The van der Waals surface area contributed by atoms with Crippen molar-refractivity contribution in [2.24, 2.45) is 0 Å². The third-order valence-corrected chi connectivity index (χ3v) is 21.0. The van der Waals surface area contributed by atoms with Crippen LogP contribution in [0, 0.1) is 0 Å². The molecule has 0 saturated heterocycles. The Bertz CT molecular complexity index is 735. The van der Waals surface area contributed by atoms with Crippen molar-refractivity contribution in [3.05, 3.63) is 0 Å². The van der Waals surface area contributed by atoms with Gasteiger partial charge in [-0.1, -0.05) is 336 Å². The summed E-state index contributed by atoms with van der Waals surface area (Å²) in [6.07, 6.45) is 90.3. The van der Waals surface area contributed by atoms with E-state index in [-0.39, 0.29) is 0 Å². The topological polar surface area (TPSA) is 63.5 Å². The molecule has 0 aliphatic rings. The first kappa shape index (κ1) is 71.4. The minimum Gasteiger partial charge on any atom is -0.832 e. The summed E-state index contributed by atoms with van der Waals surface area (Å²) in [4.78, 5) is 0. The second-order valence-corrected chi connectivity index (χ2v) is 27.4. The molecule has 0 rings (SSSR count). The zero-order valence-corrected chi connectivity index (χ0v) is 49.6. The first-order valence-electron chi connectivity index (χ1n) is 32.8. The van der Waals surface area contributed by atoms with Crippen LogP contribution in [0.3, 0.4) is 0 Å². The predicted molar refractivity (Wildman–Crippen MR) is 318 cm³/mol. The zero-order chi connectivity index (χ0) is 50.5. The van der Waals surface area contributed by atoms with E-state index in [1.807, 2.05) is 0 Å². The Labute approximate surface area is 439 Å². The van der Waals surface area contributed by atoms with E-state index >= 15 is 0 Å². The van der Waals surface area contributed by atoms with Crippen molar-refractivity contribution in [1.82, 2.24) is 0 Å². The molecule has 0 aliphatic heterocycles. The lowest BCUT2D eigenvalue weighted by Crippen LogP contribution is -2.29. The third kappa shape index (κ3) is 64.4. The lowest BCUT2D eigenvalue weighted by molar-refractivity contribution is -0.242. The molecular formula is C64H134BO3P. The summed E-state index contributed by atoms with van der Waals surface area (Å²) in [6, 6.07) is 0. The van der Waals surface area contributed by atoms with Crippen LogP contribution in [-0.2, 0) is 0 Å². The molecule has 0 bridgehead atoms. The molecule has 0 amide bonds. The summed E-state index contributed by atoms with van der Waals surface area (Å²) in [5, 5.41) is 22.8. The van der Waals surface area contributed by atoms with E-state index in [1.165, 1.54) is 334 Å². The average molecular weight is 994 g/mol. The van der Waals surface area contributed by atoms with Gasteiger partial charge in [-0.25, -0.2) is 0 Å². The quantitative estimate of drug-likeness (QED) is 0.0363. The van der Waals surface area contributed by atoms with E-state index in [9.17, 15) is 0 Å². The maximum atomic E-state index is 8.64. The Kier molecular flexibility index (Phi) is 66.8. The van der Waals surface area contributed by atoms with Gasteiger partial charge in [0.05, 0.1) is 24.6 Å². The van der Waals surface area contributed by atoms with Gasteiger partial charge in [0.2, 0.25) is 0 Å². The molecule has 0 fully saturated rings. The smallest absolute Gasteiger partial charge is 0.339 e. The molecule has 69 heavy (non-hydrogen) atoms. The highest BCUT2D eigenvalue weighted by Crippen LogP contribution is 2.61. The van der Waals surface area contributed by atoms with E-state index in [4.69, 9.17) is 15.1 Å². The van der Waals surface area contributed by atoms with Crippen molar-refractivity contribution in [2.45, 2.75) is 387 Å². The number of unbranched alkanes of at least 4 members (excludes halogenated alkanes) is 52. The number of hydrogen-bond acceptors (Lipinski definition) is 3. The molecule has 0 saturated carbocycles. The fourth-order valence-corrected chi connectivity index (χ4v) is 16.2. The lowest BCUT2D eigenvalue weighted by Gasteiger charge is -2.28. The highest BCUT2D eigenvalue weighted by molar-refractivity contribution is 7.75. The van der Waals surface area contributed by atoms with Gasteiger partial charge in [0, 0.05) is 7.26 Å². The Morgan fingerprint density at radius 2 is 0.290 bits per heavy atom. The summed E-state index contributed by atoms with van der Waals surface area (Å²) >= 11 is 0. The van der Waals surface area contributed by atoms with Crippen molar-refractivity contribution in [3.63, 3.8) is 0 Å². The monoisotopic (exact) mass is 993 g/mol. The van der Waals surface area contributed by atoms with Gasteiger partial charge in [0.25, 0.3) is 0 Å². The van der Waals surface area contributed by atoms with E-state index in [0.29, 0.717) is 0 Å². The normalized spacial score (nSPS) is 11.7. The minimum atomic E-state index is -2.42. The SMILES string of the molecule is CCCCCCCCCCCCCCCC[P+](CCCCCCCCCCCCCCCC)(CCCCCCCCCCCCCCCC)CCCCCCCCCCCCCCCC.[O-]B(O)O. The van der Waals surface area contributed by atoms with Gasteiger partial charge >= 0.3 is 7.32 Å². The second-order valence-electron chi connectivity index (χ2n) is 22.9. The molecule has 0 aromatic heterocycles. The van der Waals surface area contributed by atoms with Crippen molar-refractivity contribution < 1.29 is 15.1 Å². The summed E-state index contributed by atoms with van der Waals surface area (Å²) in [5.74, 6) is 0. The molecule has 0 unspecified atom stereocenters. The zero-order valence-electron chi connectivity index (χ0n) is 48.8. The summed E-state index contributed by atoms with van der Waals surface area (Å²) in [6.45, 7) is 9.34. The van der Waals surface area contributed by atoms with Crippen LogP contribution < -0.4 is 5.02 Å². The Hall–Kier alpha value is 0.375. The van der Waals surface area contributed by atoms with Crippen LogP contribution in [0.2, 0.25) is 0 Å². The van der Waals surface area contributed by atoms with Crippen molar-refractivity contribution in [2.75, 3.05) is 24.6 Å². The Balaban J connectivity index is 0. The molecule has 2 N–H and O–H groups in total. The molecule has 5 heteroatoms. The highest BCUT2D eigenvalue weighted by atomic mass is 31.2. The molecule has 0 spiro atoms. The largest absolute Gasteiger partial charge is 0.832 e. The maximum Gasteiger partial charge on any atom is 0.339 e. The highest BCUT2D eigenvalue weighted by Gasteiger charge is 2.35. The first-order chi connectivity index (χ1) is 34.0. The Morgan fingerprint density at radius 1 is 0.203 bits per heavy atom. The molecule has 0 aliphatic carbocycles. The van der Waals surface area contributed by atoms with Crippen LogP contribution in [0.4, 0.5) is 0 Å². The predicted octanol–water partition coefficient (Wildman–Crippen LogP) is 22.2. The van der Waals surface area contributed by atoms with Gasteiger partial charge in [0.15, 0.2) is 0 Å². The van der Waals surface area contributed by atoms with Crippen LogP contribution in [0.5, 0.6) is 0 Å². The van der Waals surface area contributed by atoms with E-state index in [1.54, 1.807) is 50.3 Å². The van der Waals surface area contributed by atoms with Crippen molar-refractivity contribution in [1.29, 1.82) is 0 Å². The van der Waals surface area contributed by atoms with E-state index in [0.717, 1.165) is 0 Å². The van der Waals surface area contributed by atoms with Gasteiger partial charge in [-0.05, 0) is 51.4 Å². The fraction of sp³-hybridized carbons (Fsp3) is 1.00. The number of hydrogen-bond donors (Lipinski definition) is 2. The molecule has 0 radical (unpaired) electrons. The molecule has 3 nitrogen and oxygen atoms in total. The molecule has 416 valence electrons. The number of rotatable bonds is 60. The van der Waals surface area contributed by atoms with Gasteiger partial charge in [0.1, 0.15) is 0 Å². The molecule has 0 atom stereocenters. The maximum absolute atomic E-state index is 8.64. The van der Waals surface area contributed by atoms with Gasteiger partial charge in [-0.15, -0.1) is 0 Å². The molecule has 0 aromatic carbocycles. The van der Waals surface area contributed by atoms with Crippen LogP contribution in [0.1, 0.15) is 387 Å². The fourth-order valence-electron chi connectivity index (χ4n) is 11.2. The third-order valence-electron chi connectivity index (χ3n) is 15.9. The van der Waals surface area contributed by atoms with Crippen LogP contribution in [0.15, 0.2) is 0 Å². The van der Waals surface area contributed by atoms with Crippen molar-refractivity contribution >= 4 is 14.6 Å². The van der Waals surface area contributed by atoms with Gasteiger partial charge < -0.3 is 15.1 Å². The molecule has 0 heterocycles. The standard InChI is InChI=1S/C64H132P.BH2O3/c1-5-9-13-17-21-25-29-33-37-41-45-49-53-57-61-65(62-58-54-50-46-42-38-34-30-26-22-18-14-10-6-2,63-59-55-51-47-43-39-35-31-27-23-19-15-11-7-3)64-60-56-52-48-44-40-36-32-28-24-20-16-12-8-4;2-1(3)4/h5-64H2,1-4H3;2-3H/q+1;-1. The first-order valence-corrected chi connectivity index (χ1v) is 35.4. The summed E-state index contributed by atoms with van der Waals surface area (Å²) < 4.78 is 0. The average Bonchev–Trinajstić information content (AvgIpc) is 3.34. The summed E-state index contributed by atoms with van der Waals surface area (Å²) in [7, 11) is -3.25. The van der Waals surface area contributed by atoms with Gasteiger partial charge in [-0.3, -0.25) is 0 Å². The molecular weight excluding hydrogens is 858 g/mol.